The fourth-order valence-electron chi connectivity index (χ4n) is 2.67. The molecule has 0 unspecified atom stereocenters. The van der Waals surface area contributed by atoms with E-state index in [0.29, 0.717) is 23.6 Å². The number of methoxy groups -OCH3 is 1. The zero-order chi connectivity index (χ0) is 18.5. The molecule has 1 aromatic heterocycles. The summed E-state index contributed by atoms with van der Waals surface area (Å²) in [6, 6.07) is 14.3. The summed E-state index contributed by atoms with van der Waals surface area (Å²) in [5.41, 5.74) is 2.93. The number of nitrogens with one attached hydrogen (secondary N) is 2. The number of carbonyl (C=O) groups excluding carboxylic acids is 1. The monoisotopic (exact) mass is 352 g/mol. The molecule has 0 aliphatic heterocycles. The van der Waals surface area contributed by atoms with Gasteiger partial charge in [-0.05, 0) is 36.8 Å². The number of H-pyrrole nitrogens is 1. The number of hydrogen-bond donors (Lipinski definition) is 2. The number of aromatic amines is 1. The van der Waals surface area contributed by atoms with Crippen molar-refractivity contribution in [3.05, 3.63) is 70.0 Å². The van der Waals surface area contributed by atoms with E-state index in [2.05, 4.69) is 10.3 Å². The van der Waals surface area contributed by atoms with Crippen LogP contribution < -0.4 is 15.6 Å². The van der Waals surface area contributed by atoms with Crippen molar-refractivity contribution in [3.63, 3.8) is 0 Å². The van der Waals surface area contributed by atoms with Crippen molar-refractivity contribution in [1.82, 2.24) is 4.98 Å². The van der Waals surface area contributed by atoms with Gasteiger partial charge in [0.25, 0.3) is 5.91 Å². The van der Waals surface area contributed by atoms with Crippen LogP contribution in [-0.2, 0) is 16.1 Å². The zero-order valence-electron chi connectivity index (χ0n) is 14.7. The highest BCUT2D eigenvalue weighted by Crippen LogP contribution is 2.20. The molecule has 6 heteroatoms. The van der Waals surface area contributed by atoms with Gasteiger partial charge >= 0.3 is 0 Å². The maximum Gasteiger partial charge on any atom is 0.262 e. The topological polar surface area (TPSA) is 80.4 Å². The third-order valence-electron chi connectivity index (χ3n) is 3.90. The number of ether oxygens (including phenoxy) is 2. The predicted octanol–water partition coefficient (Wildman–Crippen LogP) is 3.00. The number of rotatable bonds is 6. The van der Waals surface area contributed by atoms with Crippen molar-refractivity contribution < 1.29 is 14.3 Å². The number of aryl methyl sites for hydroxylation is 1. The second-order valence-electron chi connectivity index (χ2n) is 6.00. The van der Waals surface area contributed by atoms with E-state index >= 15 is 0 Å². The number of carbonyl (C=O) groups is 1. The molecule has 134 valence electrons. The first-order chi connectivity index (χ1) is 12.5. The third kappa shape index (κ3) is 4.29. The summed E-state index contributed by atoms with van der Waals surface area (Å²) in [6.45, 7) is 2.23. The number of benzene rings is 2. The average molecular weight is 352 g/mol. The van der Waals surface area contributed by atoms with Gasteiger partial charge in [0.1, 0.15) is 5.75 Å². The molecule has 6 nitrogen and oxygen atoms in total. The van der Waals surface area contributed by atoms with Crippen molar-refractivity contribution in [2.75, 3.05) is 19.0 Å². The van der Waals surface area contributed by atoms with Crippen molar-refractivity contribution in [1.29, 1.82) is 0 Å². The van der Waals surface area contributed by atoms with Crippen LogP contribution in [0.5, 0.6) is 5.75 Å². The Balaban J connectivity index is 1.71. The van der Waals surface area contributed by atoms with Crippen LogP contribution in [0.3, 0.4) is 0 Å². The Morgan fingerprint density at radius 1 is 1.12 bits per heavy atom. The SMILES string of the molecule is COCc1cc(=O)[nH]c2cc(NC(=O)COc3ccc(C)cc3)ccc12. The molecule has 26 heavy (non-hydrogen) atoms. The number of anilines is 1. The van der Waals surface area contributed by atoms with Crippen molar-refractivity contribution in [2.24, 2.45) is 0 Å². The summed E-state index contributed by atoms with van der Waals surface area (Å²) in [7, 11) is 1.58. The third-order valence-corrected chi connectivity index (χ3v) is 3.90. The van der Waals surface area contributed by atoms with Gasteiger partial charge in [-0.2, -0.15) is 0 Å². The Morgan fingerprint density at radius 3 is 2.62 bits per heavy atom. The Kier molecular flexibility index (Phi) is 5.34. The van der Waals surface area contributed by atoms with Gasteiger partial charge in [-0.1, -0.05) is 23.8 Å². The number of fused-ring (bicyclic) bond motifs is 1. The fraction of sp³-hybridized carbons (Fsp3) is 0.200. The van der Waals surface area contributed by atoms with Crippen molar-refractivity contribution >= 4 is 22.5 Å². The molecule has 0 spiro atoms. The lowest BCUT2D eigenvalue weighted by Crippen LogP contribution is -2.20. The van der Waals surface area contributed by atoms with E-state index in [1.807, 2.05) is 37.3 Å². The molecule has 0 aliphatic rings. The van der Waals surface area contributed by atoms with Gasteiger partial charge in [-0.3, -0.25) is 9.59 Å². The molecule has 0 atom stereocenters. The van der Waals surface area contributed by atoms with Crippen molar-refractivity contribution in [3.8, 4) is 5.75 Å². The maximum atomic E-state index is 12.1. The molecule has 3 aromatic rings. The molecule has 1 heterocycles. The highest BCUT2D eigenvalue weighted by Gasteiger charge is 2.07. The molecular formula is C20H20N2O4. The molecule has 0 saturated heterocycles. The number of amides is 1. The minimum absolute atomic E-state index is 0.0959. The highest BCUT2D eigenvalue weighted by atomic mass is 16.5. The van der Waals surface area contributed by atoms with E-state index in [4.69, 9.17) is 9.47 Å². The van der Waals surface area contributed by atoms with Crippen LogP contribution >= 0.6 is 0 Å². The number of aromatic nitrogens is 1. The molecule has 3 rings (SSSR count). The van der Waals surface area contributed by atoms with Gasteiger partial charge in [0.05, 0.1) is 12.1 Å². The molecule has 0 bridgehead atoms. The van der Waals surface area contributed by atoms with Gasteiger partial charge in [0.15, 0.2) is 6.61 Å². The van der Waals surface area contributed by atoms with Gasteiger partial charge in [-0.25, -0.2) is 0 Å². The van der Waals surface area contributed by atoms with Gasteiger partial charge in [0.2, 0.25) is 5.56 Å². The predicted molar refractivity (Wildman–Crippen MR) is 101 cm³/mol. The van der Waals surface area contributed by atoms with Crippen LogP contribution in [0.4, 0.5) is 5.69 Å². The minimum Gasteiger partial charge on any atom is -0.484 e. The maximum absolute atomic E-state index is 12.1. The first kappa shape index (κ1) is 17.7. The second kappa shape index (κ2) is 7.84. The normalized spacial score (nSPS) is 10.7. The van der Waals surface area contributed by atoms with Gasteiger partial charge in [-0.15, -0.1) is 0 Å². The zero-order valence-corrected chi connectivity index (χ0v) is 14.7. The van der Waals surface area contributed by atoms with E-state index in [1.54, 1.807) is 19.2 Å². The first-order valence-electron chi connectivity index (χ1n) is 8.19. The molecular weight excluding hydrogens is 332 g/mol. The van der Waals surface area contributed by atoms with Gasteiger partial charge in [0, 0.05) is 24.2 Å². The molecule has 2 N–H and O–H groups in total. The largest absolute Gasteiger partial charge is 0.484 e. The Bertz CT molecular complexity index is 977. The quantitative estimate of drug-likeness (QED) is 0.715. The molecule has 2 aromatic carbocycles. The second-order valence-corrected chi connectivity index (χ2v) is 6.00. The fourth-order valence-corrected chi connectivity index (χ4v) is 2.67. The molecule has 0 aliphatic carbocycles. The number of pyridine rings is 1. The lowest BCUT2D eigenvalue weighted by Gasteiger charge is -2.10. The summed E-state index contributed by atoms with van der Waals surface area (Å²) < 4.78 is 10.6. The summed E-state index contributed by atoms with van der Waals surface area (Å²) in [5, 5.41) is 3.64. The summed E-state index contributed by atoms with van der Waals surface area (Å²) in [4.78, 5) is 26.6. The molecule has 0 saturated carbocycles. The van der Waals surface area contributed by atoms with Crippen molar-refractivity contribution in [2.45, 2.75) is 13.5 Å². The summed E-state index contributed by atoms with van der Waals surface area (Å²) in [6.07, 6.45) is 0. The van der Waals surface area contributed by atoms with E-state index in [1.165, 1.54) is 6.07 Å². The van der Waals surface area contributed by atoms with Crippen LogP contribution in [0, 0.1) is 6.92 Å². The highest BCUT2D eigenvalue weighted by molar-refractivity contribution is 5.94. The van der Waals surface area contributed by atoms with E-state index in [9.17, 15) is 9.59 Å². The minimum atomic E-state index is -0.277. The average Bonchev–Trinajstić information content (AvgIpc) is 2.61. The smallest absolute Gasteiger partial charge is 0.262 e. The molecule has 0 radical (unpaired) electrons. The summed E-state index contributed by atoms with van der Waals surface area (Å²) in [5.74, 6) is 0.359. The van der Waals surface area contributed by atoms with E-state index < -0.39 is 0 Å². The summed E-state index contributed by atoms with van der Waals surface area (Å²) >= 11 is 0. The lowest BCUT2D eigenvalue weighted by atomic mass is 10.1. The Morgan fingerprint density at radius 2 is 1.88 bits per heavy atom. The molecule has 0 fully saturated rings. The standard InChI is InChI=1S/C20H20N2O4/c1-13-3-6-16(7-4-13)26-12-20(24)21-15-5-8-17-14(11-25-2)9-19(23)22-18(17)10-15/h3-10H,11-12H2,1-2H3,(H,21,24)(H,22,23). The van der Waals surface area contributed by atoms with Crippen LogP contribution in [-0.4, -0.2) is 24.6 Å². The van der Waals surface area contributed by atoms with Crippen LogP contribution in [0.1, 0.15) is 11.1 Å². The first-order valence-corrected chi connectivity index (χ1v) is 8.19. The number of hydrogen-bond acceptors (Lipinski definition) is 4. The van der Waals surface area contributed by atoms with Crippen LogP contribution in [0.15, 0.2) is 53.3 Å². The van der Waals surface area contributed by atoms with Crippen LogP contribution in [0.2, 0.25) is 0 Å². The Hall–Kier alpha value is -3.12. The van der Waals surface area contributed by atoms with E-state index in [0.717, 1.165) is 16.5 Å². The molecule has 1 amide bonds. The lowest BCUT2D eigenvalue weighted by molar-refractivity contribution is -0.118. The van der Waals surface area contributed by atoms with E-state index in [-0.39, 0.29) is 18.1 Å². The Labute approximate surface area is 150 Å². The van der Waals surface area contributed by atoms with Crippen LogP contribution in [0.25, 0.3) is 10.9 Å². The van der Waals surface area contributed by atoms with Gasteiger partial charge < -0.3 is 19.8 Å².